The maximum absolute atomic E-state index is 12.5. The molecule has 2 aromatic carbocycles. The molecule has 0 bridgehead atoms. The van der Waals surface area contributed by atoms with Crippen LogP contribution in [0.4, 0.5) is 0 Å². The lowest BCUT2D eigenvalue weighted by atomic mass is 10.0. The summed E-state index contributed by atoms with van der Waals surface area (Å²) in [4.78, 5) is 28.5. The van der Waals surface area contributed by atoms with E-state index in [1.54, 1.807) is 18.3 Å². The number of nitrogens with one attached hydrogen (secondary N) is 1. The predicted octanol–water partition coefficient (Wildman–Crippen LogP) is 9.71. The minimum atomic E-state index is -1.01. The second kappa shape index (κ2) is 22.6. The molecule has 272 valence electrons. The second-order valence-corrected chi connectivity index (χ2v) is 14.3. The Morgan fingerprint density at radius 3 is 2.02 bits per heavy atom. The molecule has 1 fully saturated rings. The third-order valence-corrected chi connectivity index (χ3v) is 10.4. The Labute approximate surface area is 302 Å². The Bertz CT molecular complexity index is 1420. The number of hydrogen-bond acceptors (Lipinski definition) is 7. The van der Waals surface area contributed by atoms with Gasteiger partial charge in [0.05, 0.1) is 24.4 Å². The molecule has 9 heteroatoms. The highest BCUT2D eigenvalue weighted by Gasteiger charge is 2.32. The van der Waals surface area contributed by atoms with Gasteiger partial charge in [0.25, 0.3) is 0 Å². The third-order valence-electron chi connectivity index (χ3n) is 9.27. The Morgan fingerprint density at radius 1 is 0.800 bits per heavy atom. The number of unbranched alkanes of at least 4 members (excludes halogenated alkanes) is 12. The summed E-state index contributed by atoms with van der Waals surface area (Å²) in [5.74, 6) is -0.416. The average molecular weight is 705 g/mol. The minimum absolute atomic E-state index is 0.0287. The summed E-state index contributed by atoms with van der Waals surface area (Å²) < 4.78 is 12.9. The van der Waals surface area contributed by atoms with E-state index in [2.05, 4.69) is 17.2 Å². The summed E-state index contributed by atoms with van der Waals surface area (Å²) in [6, 6.07) is 18.8. The van der Waals surface area contributed by atoms with Gasteiger partial charge < -0.3 is 25.0 Å². The number of ether oxygens (including phenoxy) is 2. The molecule has 50 heavy (non-hydrogen) atoms. The highest BCUT2D eigenvalue weighted by Crippen LogP contribution is 2.39. The van der Waals surface area contributed by atoms with Crippen LogP contribution in [0.1, 0.15) is 148 Å². The zero-order chi connectivity index (χ0) is 35.4. The molecule has 8 nitrogen and oxygen atoms in total. The van der Waals surface area contributed by atoms with Gasteiger partial charge in [-0.15, -0.1) is 11.8 Å². The lowest BCUT2D eigenvalue weighted by Gasteiger charge is -2.36. The number of carbonyl (C=O) groups is 2. The summed E-state index contributed by atoms with van der Waals surface area (Å²) in [6.45, 7) is 2.71. The molecule has 1 saturated heterocycles. The molecule has 1 amide bonds. The van der Waals surface area contributed by atoms with Crippen LogP contribution < -0.4 is 5.32 Å². The molecule has 0 saturated carbocycles. The maximum atomic E-state index is 12.5. The number of carboxylic acid groups (broad SMARTS) is 1. The molecule has 0 radical (unpaired) electrons. The first-order valence-electron chi connectivity index (χ1n) is 18.6. The number of hydrogen-bond donors (Lipinski definition) is 3. The van der Waals surface area contributed by atoms with Gasteiger partial charge in [0, 0.05) is 36.9 Å². The molecule has 3 N–H and O–H groups in total. The van der Waals surface area contributed by atoms with Gasteiger partial charge >= 0.3 is 5.97 Å². The van der Waals surface area contributed by atoms with Crippen molar-refractivity contribution >= 4 is 23.6 Å². The van der Waals surface area contributed by atoms with Crippen LogP contribution in [0.25, 0.3) is 0 Å². The van der Waals surface area contributed by atoms with Crippen LogP contribution in [0, 0.1) is 0 Å². The lowest BCUT2D eigenvalue weighted by molar-refractivity contribution is -0.245. The summed E-state index contributed by atoms with van der Waals surface area (Å²) >= 11 is 1.36. The quantitative estimate of drug-likeness (QED) is 0.0660. The van der Waals surface area contributed by atoms with Crippen LogP contribution in [-0.4, -0.2) is 38.9 Å². The predicted molar refractivity (Wildman–Crippen MR) is 199 cm³/mol. The number of carboxylic acids is 1. The Kier molecular flexibility index (Phi) is 17.8. The highest BCUT2D eigenvalue weighted by atomic mass is 32.2. The molecular weight excluding hydrogens is 649 g/mol. The van der Waals surface area contributed by atoms with Gasteiger partial charge in [-0.25, -0.2) is 9.78 Å². The molecule has 3 unspecified atom stereocenters. The van der Waals surface area contributed by atoms with Gasteiger partial charge in [-0.1, -0.05) is 133 Å². The monoisotopic (exact) mass is 704 g/mol. The van der Waals surface area contributed by atoms with E-state index < -0.39 is 12.3 Å². The first kappa shape index (κ1) is 39.5. The van der Waals surface area contributed by atoms with Gasteiger partial charge in [-0.3, -0.25) is 4.79 Å². The standard InChI is InChI=1S/C41H56N2O6S/c1-2-3-4-5-6-7-8-9-10-11-12-13-14-17-38(45)43-28-31-18-24-34(25-19-31)41-48-35(30-50-39-36(40(46)47)16-15-26-42-39)27-37(49-41)33-22-20-32(29-44)21-23-33/h15-16,18-26,35,37,41,44H,2-14,17,27-30H2,1H3,(H,43,45)(H,46,47). The van der Waals surface area contributed by atoms with Crippen molar-refractivity contribution in [3.8, 4) is 0 Å². The van der Waals surface area contributed by atoms with Crippen molar-refractivity contribution in [2.24, 2.45) is 0 Å². The lowest BCUT2D eigenvalue weighted by Crippen LogP contribution is -2.31. The topological polar surface area (TPSA) is 118 Å². The SMILES string of the molecule is CCCCCCCCCCCCCCCC(=O)NCc1ccc(C2OC(CSc3ncccc3C(=O)O)CC(c3ccc(CO)cc3)O2)cc1. The summed E-state index contributed by atoms with van der Waals surface area (Å²) in [5.41, 5.74) is 3.85. The van der Waals surface area contributed by atoms with Gasteiger partial charge in [0.15, 0.2) is 6.29 Å². The number of aliphatic hydroxyl groups excluding tert-OH is 1. The van der Waals surface area contributed by atoms with Crippen molar-refractivity contribution in [1.29, 1.82) is 0 Å². The van der Waals surface area contributed by atoms with Crippen LogP contribution in [0.3, 0.4) is 0 Å². The number of aromatic nitrogens is 1. The zero-order valence-electron chi connectivity index (χ0n) is 29.7. The van der Waals surface area contributed by atoms with Gasteiger partial charge in [0.2, 0.25) is 5.91 Å². The van der Waals surface area contributed by atoms with Gasteiger partial charge in [-0.2, -0.15) is 0 Å². The van der Waals surface area contributed by atoms with Crippen molar-refractivity contribution in [2.75, 3.05) is 5.75 Å². The van der Waals surface area contributed by atoms with E-state index in [0.717, 1.165) is 35.1 Å². The number of carbonyl (C=O) groups excluding carboxylic acids is 1. The Morgan fingerprint density at radius 2 is 1.40 bits per heavy atom. The number of pyridine rings is 1. The molecule has 3 atom stereocenters. The average Bonchev–Trinajstić information content (AvgIpc) is 3.15. The number of benzene rings is 2. The molecule has 2 heterocycles. The Hall–Kier alpha value is -3.24. The van der Waals surface area contributed by atoms with Crippen LogP contribution in [0.2, 0.25) is 0 Å². The van der Waals surface area contributed by atoms with Gasteiger partial charge in [-0.05, 0) is 35.2 Å². The van der Waals surface area contributed by atoms with Gasteiger partial charge in [0.1, 0.15) is 5.03 Å². The van der Waals surface area contributed by atoms with E-state index >= 15 is 0 Å². The third kappa shape index (κ3) is 13.8. The van der Waals surface area contributed by atoms with E-state index in [9.17, 15) is 19.8 Å². The largest absolute Gasteiger partial charge is 0.478 e. The molecule has 1 aliphatic rings. The fraction of sp³-hybridized carbons (Fsp3) is 0.537. The summed E-state index contributed by atoms with van der Waals surface area (Å²) in [5, 5.41) is 22.6. The highest BCUT2D eigenvalue weighted by molar-refractivity contribution is 7.99. The molecule has 0 aliphatic carbocycles. The van der Waals surface area contributed by atoms with E-state index in [4.69, 9.17) is 9.47 Å². The molecule has 1 aromatic heterocycles. The summed E-state index contributed by atoms with van der Waals surface area (Å²) in [6.07, 6.45) is 18.4. The van der Waals surface area contributed by atoms with Crippen molar-refractivity contribution in [1.82, 2.24) is 10.3 Å². The number of nitrogens with zero attached hydrogens (tertiary/aromatic N) is 1. The number of aliphatic hydroxyl groups is 1. The van der Waals surface area contributed by atoms with Crippen LogP contribution in [-0.2, 0) is 27.4 Å². The zero-order valence-corrected chi connectivity index (χ0v) is 30.5. The van der Waals surface area contributed by atoms with E-state index in [-0.39, 0.29) is 30.3 Å². The van der Waals surface area contributed by atoms with Crippen molar-refractivity contribution in [2.45, 2.75) is 140 Å². The minimum Gasteiger partial charge on any atom is -0.478 e. The number of aromatic carboxylic acids is 1. The van der Waals surface area contributed by atoms with Crippen LogP contribution in [0.5, 0.6) is 0 Å². The molecule has 1 aliphatic heterocycles. The van der Waals surface area contributed by atoms with Crippen molar-refractivity contribution < 1.29 is 29.3 Å². The fourth-order valence-electron chi connectivity index (χ4n) is 6.25. The fourth-order valence-corrected chi connectivity index (χ4v) is 7.25. The van der Waals surface area contributed by atoms with Crippen LogP contribution in [0.15, 0.2) is 71.9 Å². The van der Waals surface area contributed by atoms with E-state index in [0.29, 0.717) is 30.2 Å². The smallest absolute Gasteiger partial charge is 0.338 e. The molecule has 0 spiro atoms. The molecule has 3 aromatic rings. The van der Waals surface area contributed by atoms with Crippen LogP contribution >= 0.6 is 11.8 Å². The number of rotatable bonds is 23. The number of amides is 1. The second-order valence-electron chi connectivity index (χ2n) is 13.3. The Balaban J connectivity index is 1.21. The molecular formula is C41H56N2O6S. The number of thioether (sulfide) groups is 1. The van der Waals surface area contributed by atoms with Crippen molar-refractivity contribution in [3.63, 3.8) is 0 Å². The summed E-state index contributed by atoms with van der Waals surface area (Å²) in [7, 11) is 0. The van der Waals surface area contributed by atoms with E-state index in [1.807, 2.05) is 48.5 Å². The molecule has 4 rings (SSSR count). The van der Waals surface area contributed by atoms with E-state index in [1.165, 1.54) is 82.4 Å². The van der Waals surface area contributed by atoms with Crippen molar-refractivity contribution in [3.05, 3.63) is 94.7 Å². The maximum Gasteiger partial charge on any atom is 0.338 e. The first-order valence-corrected chi connectivity index (χ1v) is 19.6. The first-order chi connectivity index (χ1) is 24.5. The normalized spacial score (nSPS) is 17.4.